The number of methoxy groups -OCH3 is 2. The number of nitrogens with zero attached hydrogens (tertiary/aromatic N) is 1. The van der Waals surface area contributed by atoms with Gasteiger partial charge in [-0.25, -0.2) is 4.98 Å². The van der Waals surface area contributed by atoms with Crippen LogP contribution in [0, 0.1) is 10.8 Å². The van der Waals surface area contributed by atoms with Crippen LogP contribution in [0.5, 0.6) is 11.5 Å². The summed E-state index contributed by atoms with van der Waals surface area (Å²) < 4.78 is 12.3. The number of rotatable bonds is 9. The predicted octanol–water partition coefficient (Wildman–Crippen LogP) is 14.9. The lowest BCUT2D eigenvalue weighted by Crippen LogP contribution is -2.13. The fourth-order valence-electron chi connectivity index (χ4n) is 6.97. The molecule has 0 saturated carbocycles. The summed E-state index contributed by atoms with van der Waals surface area (Å²) >= 11 is 0. The molecule has 5 rings (SSSR count). The van der Waals surface area contributed by atoms with Crippen molar-refractivity contribution in [2.24, 2.45) is 5.41 Å². The monoisotopic (exact) mass is 787 g/mol. The molecule has 0 saturated heterocycles. The van der Waals surface area contributed by atoms with Crippen molar-refractivity contribution in [2.45, 2.75) is 106 Å². The van der Waals surface area contributed by atoms with Gasteiger partial charge in [-0.05, 0) is 86.7 Å². The van der Waals surface area contributed by atoms with Crippen LogP contribution in [0.25, 0.3) is 40.1 Å². The van der Waals surface area contributed by atoms with Gasteiger partial charge in [0.1, 0.15) is 11.5 Å². The molecule has 0 fully saturated rings. The smallest absolute Gasteiger partial charge is 0.136 e. The van der Waals surface area contributed by atoms with Crippen LogP contribution in [0.1, 0.15) is 129 Å². The summed E-state index contributed by atoms with van der Waals surface area (Å²) in [5, 5.41) is 9.40. The zero-order valence-electron chi connectivity index (χ0n) is 38.4. The van der Waals surface area contributed by atoms with Crippen molar-refractivity contribution in [3.63, 3.8) is 0 Å². The Labute approximate surface area is 355 Å². The van der Waals surface area contributed by atoms with Crippen LogP contribution >= 0.6 is 0 Å². The van der Waals surface area contributed by atoms with Gasteiger partial charge in [0.15, 0.2) is 0 Å². The Hall–Kier alpha value is -5.48. The van der Waals surface area contributed by atoms with E-state index in [9.17, 15) is 5.41 Å². The molecule has 1 aliphatic rings. The summed E-state index contributed by atoms with van der Waals surface area (Å²) in [6.45, 7) is 33.1. The van der Waals surface area contributed by atoms with Crippen molar-refractivity contribution in [3.05, 3.63) is 154 Å². The number of benzene rings is 3. The van der Waals surface area contributed by atoms with Gasteiger partial charge in [-0.1, -0.05) is 174 Å². The lowest BCUT2D eigenvalue weighted by molar-refractivity contribution is 0.412. The zero-order chi connectivity index (χ0) is 43.7. The highest BCUT2D eigenvalue weighted by atomic mass is 16.5. The van der Waals surface area contributed by atoms with Crippen LogP contribution in [0.3, 0.4) is 0 Å². The molecule has 0 aliphatic heterocycles. The summed E-state index contributed by atoms with van der Waals surface area (Å²) in [5.74, 6) is 1.55. The third-order valence-electron chi connectivity index (χ3n) is 11.4. The molecule has 308 valence electrons. The normalized spacial score (nSPS) is 14.9. The average Bonchev–Trinajstić information content (AvgIpc) is 3.16. The zero-order valence-corrected chi connectivity index (χ0v) is 38.4. The summed E-state index contributed by atoms with van der Waals surface area (Å²) in [5.41, 5.74) is 14.3. The number of hydrogen-bond acceptors (Lipinski definition) is 4. The van der Waals surface area contributed by atoms with Crippen molar-refractivity contribution in [3.8, 4) is 33.9 Å². The van der Waals surface area contributed by atoms with E-state index in [1.54, 1.807) is 14.2 Å². The molecule has 4 heteroatoms. The van der Waals surface area contributed by atoms with Gasteiger partial charge in [0, 0.05) is 33.4 Å². The Morgan fingerprint density at radius 1 is 0.678 bits per heavy atom. The van der Waals surface area contributed by atoms with E-state index in [-0.39, 0.29) is 21.7 Å². The minimum atomic E-state index is -0.116. The number of ether oxygens (including phenoxy) is 2. The average molecular weight is 787 g/mol. The third-order valence-corrected chi connectivity index (χ3v) is 11.4. The highest BCUT2D eigenvalue weighted by Crippen LogP contribution is 2.43. The Kier molecular flexibility index (Phi) is 12.9. The maximum absolute atomic E-state index is 9.40. The van der Waals surface area contributed by atoms with Gasteiger partial charge in [-0.2, -0.15) is 0 Å². The minimum Gasteiger partial charge on any atom is -0.495 e. The summed E-state index contributed by atoms with van der Waals surface area (Å²) in [6.07, 6.45) is 16.3. The van der Waals surface area contributed by atoms with E-state index < -0.39 is 0 Å². The summed E-state index contributed by atoms with van der Waals surface area (Å²) in [4.78, 5) is 5.18. The van der Waals surface area contributed by atoms with Crippen molar-refractivity contribution in [1.82, 2.24) is 4.98 Å². The first-order valence-electron chi connectivity index (χ1n) is 20.7. The number of hydrogen-bond donors (Lipinski definition) is 1. The minimum absolute atomic E-state index is 0.0554. The molecule has 4 aromatic rings. The van der Waals surface area contributed by atoms with Crippen molar-refractivity contribution in [1.29, 1.82) is 5.41 Å². The van der Waals surface area contributed by atoms with Gasteiger partial charge in [0.05, 0.1) is 31.3 Å². The van der Waals surface area contributed by atoms with Crippen LogP contribution in [-0.2, 0) is 16.2 Å². The molecule has 0 radical (unpaired) electrons. The molecular weight excluding hydrogens is 721 g/mol. The molecule has 0 bridgehead atoms. The van der Waals surface area contributed by atoms with Crippen LogP contribution in [0.15, 0.2) is 115 Å². The summed E-state index contributed by atoms with van der Waals surface area (Å²) in [6, 6.07) is 21.8. The second-order valence-electron chi connectivity index (χ2n) is 19.8. The van der Waals surface area contributed by atoms with Crippen LogP contribution in [-0.4, -0.2) is 24.9 Å². The number of pyridine rings is 1. The lowest BCUT2D eigenvalue weighted by Gasteiger charge is -2.25. The van der Waals surface area contributed by atoms with E-state index in [0.29, 0.717) is 11.4 Å². The summed E-state index contributed by atoms with van der Waals surface area (Å²) in [7, 11) is 3.45. The Balaban J connectivity index is 1.57. The van der Waals surface area contributed by atoms with Crippen molar-refractivity contribution in [2.75, 3.05) is 14.2 Å². The van der Waals surface area contributed by atoms with Crippen LogP contribution in [0.2, 0.25) is 0 Å². The SMILES string of the molecule is C=C/C(=C\C=C(/C)C(C)(C)C)c1cc(C(C)(C)C)cc(/C=C/C=C2/C=Cc3ccc(-c4cc(C(C)(C)C)cc(-c5ccc(C(C)(C)C)cc5)c4OC)nc3C2=N)c1OC. The standard InChI is InChI=1S/C55H66N2O2/c1-17-36(22-21-35(2)52(3,4)5)44-32-42(54(9,10)11)31-40(50(44)58-15)20-18-19-38-23-24-39-27-30-47(57-49(39)48(38)56)46-34-43(55(12,13)14)33-45(51(46)59-16)37-25-28-41(29-26-37)53(6,7)8/h17-34,56H,1H2,2-16H3/b20-18+,35-21+,36-22+,38-19-,56-48?. The third kappa shape index (κ3) is 10.0. The Morgan fingerprint density at radius 3 is 1.83 bits per heavy atom. The number of nitrogens with one attached hydrogen (secondary N) is 1. The molecule has 0 atom stereocenters. The molecule has 3 aromatic carbocycles. The molecule has 4 nitrogen and oxygen atoms in total. The molecule has 59 heavy (non-hydrogen) atoms. The first kappa shape index (κ1) is 44.6. The van der Waals surface area contributed by atoms with E-state index in [4.69, 9.17) is 14.5 Å². The second-order valence-corrected chi connectivity index (χ2v) is 19.8. The van der Waals surface area contributed by atoms with Crippen LogP contribution < -0.4 is 9.47 Å². The van der Waals surface area contributed by atoms with Gasteiger partial charge >= 0.3 is 0 Å². The van der Waals surface area contributed by atoms with E-state index in [2.05, 4.69) is 169 Å². The van der Waals surface area contributed by atoms with Gasteiger partial charge in [0.2, 0.25) is 0 Å². The van der Waals surface area contributed by atoms with E-state index in [1.165, 1.54) is 22.3 Å². The first-order chi connectivity index (χ1) is 27.5. The molecule has 0 amide bonds. The largest absolute Gasteiger partial charge is 0.495 e. The van der Waals surface area contributed by atoms with Gasteiger partial charge in [-0.15, -0.1) is 0 Å². The maximum atomic E-state index is 9.40. The highest BCUT2D eigenvalue weighted by molar-refractivity contribution is 6.16. The fourth-order valence-corrected chi connectivity index (χ4v) is 6.97. The predicted molar refractivity (Wildman–Crippen MR) is 255 cm³/mol. The quantitative estimate of drug-likeness (QED) is 0.172. The van der Waals surface area contributed by atoms with E-state index >= 15 is 0 Å². The molecular formula is C55H66N2O2. The molecule has 1 N–H and O–H groups in total. The van der Waals surface area contributed by atoms with Gasteiger partial charge in [0.25, 0.3) is 0 Å². The molecule has 1 aromatic heterocycles. The topological polar surface area (TPSA) is 55.2 Å². The molecule has 1 aliphatic carbocycles. The van der Waals surface area contributed by atoms with Gasteiger partial charge < -0.3 is 9.47 Å². The van der Waals surface area contributed by atoms with E-state index in [0.717, 1.165) is 61.7 Å². The van der Waals surface area contributed by atoms with Crippen molar-refractivity contribution < 1.29 is 9.47 Å². The van der Waals surface area contributed by atoms with Crippen LogP contribution in [0.4, 0.5) is 0 Å². The lowest BCUT2D eigenvalue weighted by atomic mass is 9.82. The number of aromatic nitrogens is 1. The Bertz CT molecular complexity index is 2400. The number of allylic oxidation sites excluding steroid dienone is 9. The Morgan fingerprint density at radius 2 is 1.27 bits per heavy atom. The molecule has 0 unspecified atom stereocenters. The van der Waals surface area contributed by atoms with Gasteiger partial charge in [-0.3, -0.25) is 5.41 Å². The fraction of sp³-hybridized carbons (Fsp3) is 0.345. The second kappa shape index (κ2) is 17.0. The van der Waals surface area contributed by atoms with Crippen molar-refractivity contribution >= 4 is 23.4 Å². The molecule has 0 spiro atoms. The number of fused-ring (bicyclic) bond motifs is 1. The maximum Gasteiger partial charge on any atom is 0.136 e. The first-order valence-corrected chi connectivity index (χ1v) is 20.7. The molecule has 1 heterocycles. The van der Waals surface area contributed by atoms with E-state index in [1.807, 2.05) is 36.4 Å². The highest BCUT2D eigenvalue weighted by Gasteiger charge is 2.25.